The molecule has 3 nitrogen and oxygen atoms in total. The average Bonchev–Trinajstić information content (AvgIpc) is 2.79. The predicted octanol–water partition coefficient (Wildman–Crippen LogP) is 2.26. The molecule has 0 saturated heterocycles. The van der Waals surface area contributed by atoms with Crippen molar-refractivity contribution in [2.24, 2.45) is 5.73 Å². The molecule has 1 aromatic rings. The fourth-order valence-electron chi connectivity index (χ4n) is 1.69. The Labute approximate surface area is 96.8 Å². The van der Waals surface area contributed by atoms with E-state index in [9.17, 15) is 4.79 Å². The fraction of sp³-hybridized carbons (Fsp3) is 0.300. The van der Waals surface area contributed by atoms with Crippen LogP contribution in [0.2, 0.25) is 10.0 Å². The number of carbonyl (C=O) groups is 1. The number of carboxylic acids is 1. The molecule has 80 valence electrons. The highest BCUT2D eigenvalue weighted by atomic mass is 35.5. The Morgan fingerprint density at radius 2 is 2.20 bits per heavy atom. The minimum absolute atomic E-state index is 0.209. The van der Waals surface area contributed by atoms with Crippen LogP contribution in [-0.2, 0) is 4.79 Å². The molecule has 2 rings (SSSR count). The number of nitrogens with two attached hydrogens (primary N) is 1. The third kappa shape index (κ3) is 1.71. The molecule has 0 radical (unpaired) electrons. The van der Waals surface area contributed by atoms with Gasteiger partial charge in [0.05, 0.1) is 0 Å². The maximum Gasteiger partial charge on any atom is 0.324 e. The lowest BCUT2D eigenvalue weighted by Crippen LogP contribution is -2.34. The van der Waals surface area contributed by atoms with E-state index in [-0.39, 0.29) is 5.92 Å². The van der Waals surface area contributed by atoms with Crippen molar-refractivity contribution in [3.8, 4) is 0 Å². The summed E-state index contributed by atoms with van der Waals surface area (Å²) in [7, 11) is 0. The molecule has 1 aromatic carbocycles. The van der Waals surface area contributed by atoms with E-state index < -0.39 is 11.5 Å². The molecule has 0 aliphatic heterocycles. The zero-order chi connectivity index (χ0) is 11.2. The maximum atomic E-state index is 10.9. The van der Waals surface area contributed by atoms with Crippen molar-refractivity contribution in [3.63, 3.8) is 0 Å². The van der Waals surface area contributed by atoms with Crippen LogP contribution in [0.1, 0.15) is 17.9 Å². The molecule has 1 aliphatic rings. The van der Waals surface area contributed by atoms with Crippen molar-refractivity contribution < 1.29 is 9.90 Å². The fourth-order valence-corrected chi connectivity index (χ4v) is 2.23. The number of rotatable bonds is 2. The van der Waals surface area contributed by atoms with Crippen LogP contribution in [0.15, 0.2) is 18.2 Å². The lowest BCUT2D eigenvalue weighted by atomic mass is 10.1. The van der Waals surface area contributed by atoms with E-state index in [1.807, 2.05) is 0 Å². The highest BCUT2D eigenvalue weighted by Crippen LogP contribution is 2.51. The van der Waals surface area contributed by atoms with E-state index in [4.69, 9.17) is 34.0 Å². The van der Waals surface area contributed by atoms with Crippen molar-refractivity contribution in [1.82, 2.24) is 0 Å². The van der Waals surface area contributed by atoms with Gasteiger partial charge in [-0.15, -0.1) is 0 Å². The number of hydrogen-bond acceptors (Lipinski definition) is 2. The first kappa shape index (κ1) is 10.7. The molecule has 0 amide bonds. The lowest BCUT2D eigenvalue weighted by Gasteiger charge is -2.07. The van der Waals surface area contributed by atoms with Gasteiger partial charge < -0.3 is 10.8 Å². The second-order valence-electron chi connectivity index (χ2n) is 3.77. The van der Waals surface area contributed by atoms with Crippen molar-refractivity contribution in [2.75, 3.05) is 0 Å². The molecule has 0 unspecified atom stereocenters. The molecular weight excluding hydrogens is 237 g/mol. The summed E-state index contributed by atoms with van der Waals surface area (Å²) in [4.78, 5) is 10.9. The molecule has 1 fully saturated rings. The van der Waals surface area contributed by atoms with Crippen LogP contribution in [0, 0.1) is 0 Å². The molecular formula is C10H9Cl2NO2. The van der Waals surface area contributed by atoms with Crippen molar-refractivity contribution in [3.05, 3.63) is 33.8 Å². The van der Waals surface area contributed by atoms with Gasteiger partial charge in [-0.1, -0.05) is 29.3 Å². The average molecular weight is 246 g/mol. The minimum atomic E-state index is -1.16. The standard InChI is InChI=1S/C10H9Cl2NO2/c11-5-1-2-6(8(12)3-5)7-4-10(7,13)9(14)15/h1-3,7H,4,13H2,(H,14,15)/t7-,10-/m0/s1. The van der Waals surface area contributed by atoms with E-state index in [0.29, 0.717) is 16.5 Å². The monoisotopic (exact) mass is 245 g/mol. The highest BCUT2D eigenvalue weighted by Gasteiger charge is 2.58. The van der Waals surface area contributed by atoms with Crippen LogP contribution < -0.4 is 5.73 Å². The van der Waals surface area contributed by atoms with Crippen LogP contribution in [0.5, 0.6) is 0 Å². The summed E-state index contributed by atoms with van der Waals surface area (Å²) in [5, 5.41) is 9.90. The molecule has 1 saturated carbocycles. The second kappa shape index (κ2) is 3.37. The predicted molar refractivity (Wildman–Crippen MR) is 58.4 cm³/mol. The third-order valence-corrected chi connectivity index (χ3v) is 3.30. The van der Waals surface area contributed by atoms with Crippen LogP contribution >= 0.6 is 23.2 Å². The summed E-state index contributed by atoms with van der Waals surface area (Å²) < 4.78 is 0. The molecule has 3 N–H and O–H groups in total. The van der Waals surface area contributed by atoms with Crippen molar-refractivity contribution >= 4 is 29.2 Å². The van der Waals surface area contributed by atoms with Crippen molar-refractivity contribution in [1.29, 1.82) is 0 Å². The summed E-state index contributed by atoms with van der Waals surface area (Å²) in [6, 6.07) is 5.01. The van der Waals surface area contributed by atoms with Gasteiger partial charge >= 0.3 is 5.97 Å². The molecule has 1 aliphatic carbocycles. The Bertz CT molecular complexity index is 435. The van der Waals surface area contributed by atoms with E-state index in [0.717, 1.165) is 5.56 Å². The zero-order valence-electron chi connectivity index (χ0n) is 7.71. The molecule has 5 heteroatoms. The topological polar surface area (TPSA) is 63.3 Å². The molecule has 0 spiro atoms. The SMILES string of the molecule is N[C@@]1(C(=O)O)C[C@H]1c1ccc(Cl)cc1Cl. The van der Waals surface area contributed by atoms with Crippen LogP contribution in [0.25, 0.3) is 0 Å². The van der Waals surface area contributed by atoms with Gasteiger partial charge in [0.2, 0.25) is 0 Å². The summed E-state index contributed by atoms with van der Waals surface area (Å²) >= 11 is 11.7. The number of carboxylic acid groups (broad SMARTS) is 1. The van der Waals surface area contributed by atoms with Gasteiger partial charge in [0.1, 0.15) is 5.54 Å². The number of aliphatic carboxylic acids is 1. The van der Waals surface area contributed by atoms with Crippen LogP contribution in [0.3, 0.4) is 0 Å². The quantitative estimate of drug-likeness (QED) is 0.841. The first-order valence-corrected chi connectivity index (χ1v) is 5.18. The van der Waals surface area contributed by atoms with Gasteiger partial charge in [0.15, 0.2) is 0 Å². The normalized spacial score (nSPS) is 28.9. The van der Waals surface area contributed by atoms with Gasteiger partial charge in [-0.3, -0.25) is 4.79 Å². The van der Waals surface area contributed by atoms with E-state index in [1.165, 1.54) is 0 Å². The van der Waals surface area contributed by atoms with Gasteiger partial charge in [-0.05, 0) is 24.1 Å². The first-order valence-electron chi connectivity index (χ1n) is 4.42. The first-order chi connectivity index (χ1) is 6.95. The largest absolute Gasteiger partial charge is 0.480 e. The Morgan fingerprint density at radius 1 is 1.53 bits per heavy atom. The minimum Gasteiger partial charge on any atom is -0.480 e. The van der Waals surface area contributed by atoms with Gasteiger partial charge in [0.25, 0.3) is 0 Å². The van der Waals surface area contributed by atoms with Crippen LogP contribution in [0.4, 0.5) is 0 Å². The third-order valence-electron chi connectivity index (χ3n) is 2.74. The summed E-state index contributed by atoms with van der Waals surface area (Å²) in [5.74, 6) is -1.20. The number of halogens is 2. The molecule has 15 heavy (non-hydrogen) atoms. The summed E-state index contributed by atoms with van der Waals surface area (Å²) in [5.41, 5.74) is 5.28. The highest BCUT2D eigenvalue weighted by molar-refractivity contribution is 6.35. The molecule has 2 atom stereocenters. The Kier molecular flexibility index (Phi) is 2.41. The molecule has 0 bridgehead atoms. The number of hydrogen-bond donors (Lipinski definition) is 2. The van der Waals surface area contributed by atoms with E-state index in [1.54, 1.807) is 18.2 Å². The second-order valence-corrected chi connectivity index (χ2v) is 4.61. The Hall–Kier alpha value is -0.770. The van der Waals surface area contributed by atoms with E-state index >= 15 is 0 Å². The van der Waals surface area contributed by atoms with Crippen LogP contribution in [-0.4, -0.2) is 16.6 Å². The van der Waals surface area contributed by atoms with Gasteiger partial charge in [-0.2, -0.15) is 0 Å². The molecule has 0 aromatic heterocycles. The van der Waals surface area contributed by atoms with Gasteiger partial charge in [0, 0.05) is 16.0 Å². The summed E-state index contributed by atoms with van der Waals surface area (Å²) in [6.45, 7) is 0. The summed E-state index contributed by atoms with van der Waals surface area (Å²) in [6.07, 6.45) is 0.420. The molecule has 0 heterocycles. The lowest BCUT2D eigenvalue weighted by molar-refractivity contribution is -0.139. The number of benzene rings is 1. The Morgan fingerprint density at radius 3 is 2.67 bits per heavy atom. The van der Waals surface area contributed by atoms with Crippen molar-refractivity contribution in [2.45, 2.75) is 17.9 Å². The van der Waals surface area contributed by atoms with Gasteiger partial charge in [-0.25, -0.2) is 0 Å². The van der Waals surface area contributed by atoms with E-state index in [2.05, 4.69) is 0 Å². The maximum absolute atomic E-state index is 10.9. The zero-order valence-corrected chi connectivity index (χ0v) is 9.22. The smallest absolute Gasteiger partial charge is 0.324 e. The Balaban J connectivity index is 2.31.